The molecule has 9 heteroatoms. The van der Waals surface area contributed by atoms with E-state index in [-0.39, 0.29) is 17.8 Å². The van der Waals surface area contributed by atoms with Crippen LogP contribution in [0.25, 0.3) is 11.0 Å². The summed E-state index contributed by atoms with van der Waals surface area (Å²) in [6, 6.07) is 11.7. The van der Waals surface area contributed by atoms with Gasteiger partial charge in [0.2, 0.25) is 5.91 Å². The summed E-state index contributed by atoms with van der Waals surface area (Å²) in [6.45, 7) is 0.640. The normalized spacial score (nSPS) is 13.2. The number of alkyl halides is 2. The Morgan fingerprint density at radius 2 is 1.77 bits per heavy atom. The van der Waals surface area contributed by atoms with E-state index in [0.717, 1.165) is 15.7 Å². The van der Waals surface area contributed by atoms with Crippen LogP contribution in [0.15, 0.2) is 48.5 Å². The average molecular weight is 415 g/mol. The number of urea groups is 1. The smallest absolute Gasteiger partial charge is 0.320 e. The molecule has 30 heavy (non-hydrogen) atoms. The van der Waals surface area contributed by atoms with E-state index in [2.05, 4.69) is 15.6 Å². The number of halogens is 2. The number of primary amides is 1. The van der Waals surface area contributed by atoms with E-state index >= 15 is 0 Å². The SMILES string of the molecule is Cc1ccccc1[C@H](CC(=O)N[C@H](C)c1nc2ccccc2n1C(F)F)NC(N)=O. The maximum Gasteiger partial charge on any atom is 0.320 e. The number of carbonyl (C=O) groups is 2. The summed E-state index contributed by atoms with van der Waals surface area (Å²) < 4.78 is 28.1. The van der Waals surface area contributed by atoms with Crippen molar-refractivity contribution in [3.8, 4) is 0 Å². The zero-order valence-corrected chi connectivity index (χ0v) is 16.6. The first kappa shape index (κ1) is 21.2. The first-order valence-electron chi connectivity index (χ1n) is 9.43. The molecular weight excluding hydrogens is 392 g/mol. The summed E-state index contributed by atoms with van der Waals surface area (Å²) >= 11 is 0. The van der Waals surface area contributed by atoms with Crippen molar-refractivity contribution in [2.45, 2.75) is 38.9 Å². The second-order valence-corrected chi connectivity index (χ2v) is 7.02. The van der Waals surface area contributed by atoms with Crippen LogP contribution in [0.3, 0.4) is 0 Å². The Kier molecular flexibility index (Phi) is 6.29. The predicted octanol–water partition coefficient (Wildman–Crippen LogP) is 3.72. The van der Waals surface area contributed by atoms with Crippen LogP contribution >= 0.6 is 0 Å². The van der Waals surface area contributed by atoms with E-state index in [1.54, 1.807) is 43.3 Å². The van der Waals surface area contributed by atoms with Gasteiger partial charge in [0, 0.05) is 0 Å². The van der Waals surface area contributed by atoms with Gasteiger partial charge in [0.05, 0.1) is 29.5 Å². The van der Waals surface area contributed by atoms with Crippen molar-refractivity contribution in [1.29, 1.82) is 0 Å². The fourth-order valence-corrected chi connectivity index (χ4v) is 3.51. The molecule has 0 radical (unpaired) electrons. The largest absolute Gasteiger partial charge is 0.352 e. The number of aryl methyl sites for hydroxylation is 1. The summed E-state index contributed by atoms with van der Waals surface area (Å²) in [5.74, 6) is -0.382. The Morgan fingerprint density at radius 1 is 1.10 bits per heavy atom. The highest BCUT2D eigenvalue weighted by Crippen LogP contribution is 2.27. The minimum atomic E-state index is -2.80. The number of hydrogen-bond donors (Lipinski definition) is 3. The van der Waals surface area contributed by atoms with Crippen LogP contribution in [0, 0.1) is 6.92 Å². The van der Waals surface area contributed by atoms with Crippen LogP contribution < -0.4 is 16.4 Å². The van der Waals surface area contributed by atoms with Gasteiger partial charge in [-0.15, -0.1) is 0 Å². The molecule has 7 nitrogen and oxygen atoms in total. The summed E-state index contributed by atoms with van der Waals surface area (Å²) in [7, 11) is 0. The third-order valence-electron chi connectivity index (χ3n) is 4.85. The van der Waals surface area contributed by atoms with Crippen molar-refractivity contribution in [3.63, 3.8) is 0 Å². The second-order valence-electron chi connectivity index (χ2n) is 7.02. The monoisotopic (exact) mass is 415 g/mol. The van der Waals surface area contributed by atoms with Crippen molar-refractivity contribution >= 4 is 23.0 Å². The molecule has 0 aliphatic carbocycles. The number of rotatable bonds is 7. The van der Waals surface area contributed by atoms with Crippen LogP contribution in [0.4, 0.5) is 13.6 Å². The first-order chi connectivity index (χ1) is 14.3. The Bertz CT molecular complexity index is 1070. The topological polar surface area (TPSA) is 102 Å². The lowest BCUT2D eigenvalue weighted by Crippen LogP contribution is -2.37. The molecule has 0 unspecified atom stereocenters. The Hall–Kier alpha value is -3.49. The van der Waals surface area contributed by atoms with Gasteiger partial charge in [-0.3, -0.25) is 9.36 Å². The number of benzene rings is 2. The van der Waals surface area contributed by atoms with Gasteiger partial charge in [-0.1, -0.05) is 36.4 Å². The minimum absolute atomic E-state index is 0.0508. The maximum atomic E-state index is 13.7. The Balaban J connectivity index is 1.81. The summed E-state index contributed by atoms with van der Waals surface area (Å²) in [5.41, 5.74) is 7.61. The molecule has 0 aliphatic heterocycles. The van der Waals surface area contributed by atoms with Gasteiger partial charge in [-0.25, -0.2) is 9.78 Å². The van der Waals surface area contributed by atoms with Gasteiger partial charge in [-0.05, 0) is 37.1 Å². The van der Waals surface area contributed by atoms with Gasteiger partial charge in [0.15, 0.2) is 0 Å². The summed E-state index contributed by atoms with van der Waals surface area (Å²) in [6.07, 6.45) is -0.104. The van der Waals surface area contributed by atoms with Gasteiger partial charge in [0.1, 0.15) is 5.82 Å². The summed E-state index contributed by atoms with van der Waals surface area (Å²) in [5, 5.41) is 5.27. The fourth-order valence-electron chi connectivity index (χ4n) is 3.51. The van der Waals surface area contributed by atoms with Gasteiger partial charge >= 0.3 is 12.6 Å². The van der Waals surface area contributed by atoms with Crippen LogP contribution in [0.1, 0.15) is 48.9 Å². The van der Waals surface area contributed by atoms with Gasteiger partial charge < -0.3 is 16.4 Å². The van der Waals surface area contributed by atoms with E-state index in [0.29, 0.717) is 5.52 Å². The number of nitrogens with one attached hydrogen (secondary N) is 2. The number of para-hydroxylation sites is 2. The molecule has 158 valence electrons. The molecule has 3 amide bonds. The standard InChI is InChI=1S/C21H23F2N5O2/c1-12-7-3-4-8-14(12)16(27-21(24)30)11-18(29)25-13(2)19-26-15-9-5-6-10-17(15)28(19)20(22)23/h3-10,13,16,20H,11H2,1-2H3,(H,25,29)(H3,24,27,30)/t13-,16+/m1/s1. The zero-order chi connectivity index (χ0) is 21.8. The minimum Gasteiger partial charge on any atom is -0.352 e. The molecule has 3 rings (SSSR count). The molecule has 4 N–H and O–H groups in total. The summed E-state index contributed by atoms with van der Waals surface area (Å²) in [4.78, 5) is 28.4. The molecule has 0 fully saturated rings. The number of hydrogen-bond acceptors (Lipinski definition) is 3. The molecule has 2 aromatic carbocycles. The number of carbonyl (C=O) groups excluding carboxylic acids is 2. The van der Waals surface area contributed by atoms with Crippen molar-refractivity contribution in [3.05, 3.63) is 65.5 Å². The highest BCUT2D eigenvalue weighted by molar-refractivity contribution is 5.80. The number of amides is 3. The lowest BCUT2D eigenvalue weighted by Gasteiger charge is -2.21. The van der Waals surface area contributed by atoms with Crippen molar-refractivity contribution in [1.82, 2.24) is 20.2 Å². The third-order valence-corrected chi connectivity index (χ3v) is 4.85. The molecule has 2 atom stereocenters. The van der Waals surface area contributed by atoms with Crippen molar-refractivity contribution in [2.24, 2.45) is 5.73 Å². The third kappa shape index (κ3) is 4.56. The lowest BCUT2D eigenvalue weighted by atomic mass is 9.98. The van der Waals surface area contributed by atoms with Crippen LogP contribution in [0.2, 0.25) is 0 Å². The number of imidazole rings is 1. The fraction of sp³-hybridized carbons (Fsp3) is 0.286. The number of aromatic nitrogens is 2. The average Bonchev–Trinajstić information content (AvgIpc) is 3.07. The Morgan fingerprint density at radius 3 is 2.43 bits per heavy atom. The zero-order valence-electron chi connectivity index (χ0n) is 16.6. The van der Waals surface area contributed by atoms with Gasteiger partial charge in [-0.2, -0.15) is 8.78 Å². The molecule has 0 saturated carbocycles. The molecule has 0 aliphatic rings. The van der Waals surface area contributed by atoms with Crippen molar-refractivity contribution < 1.29 is 18.4 Å². The van der Waals surface area contributed by atoms with Crippen LogP contribution in [-0.4, -0.2) is 21.5 Å². The number of fused-ring (bicyclic) bond motifs is 1. The second kappa shape index (κ2) is 8.89. The van der Waals surface area contributed by atoms with Crippen LogP contribution in [-0.2, 0) is 4.79 Å². The molecular formula is C21H23F2N5O2. The Labute approximate surface area is 172 Å². The van der Waals surface area contributed by atoms with Crippen molar-refractivity contribution in [2.75, 3.05) is 0 Å². The molecule has 0 bridgehead atoms. The van der Waals surface area contributed by atoms with E-state index in [1.165, 1.54) is 0 Å². The molecule has 0 saturated heterocycles. The maximum absolute atomic E-state index is 13.7. The van der Waals surface area contributed by atoms with E-state index in [4.69, 9.17) is 5.73 Å². The van der Waals surface area contributed by atoms with Crippen LogP contribution in [0.5, 0.6) is 0 Å². The van der Waals surface area contributed by atoms with E-state index in [9.17, 15) is 18.4 Å². The molecule has 0 spiro atoms. The quantitative estimate of drug-likeness (QED) is 0.548. The van der Waals surface area contributed by atoms with E-state index < -0.39 is 30.6 Å². The molecule has 1 aromatic heterocycles. The number of nitrogens with zero attached hydrogens (tertiary/aromatic N) is 2. The molecule has 3 aromatic rings. The highest BCUT2D eigenvalue weighted by atomic mass is 19.3. The predicted molar refractivity (Wildman–Crippen MR) is 109 cm³/mol. The first-order valence-corrected chi connectivity index (χ1v) is 9.43. The molecule has 1 heterocycles. The van der Waals surface area contributed by atoms with E-state index in [1.807, 2.05) is 19.1 Å². The highest BCUT2D eigenvalue weighted by Gasteiger charge is 2.25. The lowest BCUT2D eigenvalue weighted by molar-refractivity contribution is -0.122. The number of nitrogens with two attached hydrogens (primary N) is 1. The van der Waals surface area contributed by atoms with Gasteiger partial charge in [0.25, 0.3) is 0 Å².